The monoisotopic (exact) mass is 161 g/mol. The third-order valence-corrected chi connectivity index (χ3v) is 1.67. The highest BCUT2D eigenvalue weighted by Gasteiger charge is 2.04. The second kappa shape index (κ2) is 6.58. The van der Waals surface area contributed by atoms with E-state index in [2.05, 4.69) is 19.2 Å². The van der Waals surface area contributed by atoms with E-state index in [0.717, 1.165) is 6.42 Å². The van der Waals surface area contributed by atoms with Crippen LogP contribution >= 0.6 is 0 Å². The summed E-state index contributed by atoms with van der Waals surface area (Å²) in [7, 11) is 1.59. The molecule has 2 N–H and O–H groups in total. The van der Waals surface area contributed by atoms with Crippen LogP contribution in [0, 0.1) is 0 Å². The lowest BCUT2D eigenvalue weighted by Crippen LogP contribution is -2.35. The van der Waals surface area contributed by atoms with Crippen molar-refractivity contribution in [3.63, 3.8) is 0 Å². The summed E-state index contributed by atoms with van der Waals surface area (Å²) in [5.74, 6) is 0. The van der Waals surface area contributed by atoms with Crippen LogP contribution in [0.15, 0.2) is 0 Å². The molecule has 11 heavy (non-hydrogen) atoms. The summed E-state index contributed by atoms with van der Waals surface area (Å²) in [6.45, 7) is 5.23. The molecule has 3 heteroatoms. The summed E-state index contributed by atoms with van der Waals surface area (Å²) >= 11 is 0. The number of hydrogen-bond acceptors (Lipinski definition) is 3. The molecule has 0 aromatic heterocycles. The van der Waals surface area contributed by atoms with Gasteiger partial charge in [-0.15, -0.1) is 0 Å². The summed E-state index contributed by atoms with van der Waals surface area (Å²) in [4.78, 5) is 0. The lowest BCUT2D eigenvalue weighted by molar-refractivity contribution is 0.0630. The van der Waals surface area contributed by atoms with Gasteiger partial charge in [0, 0.05) is 19.7 Å². The molecule has 0 spiro atoms. The van der Waals surface area contributed by atoms with Crippen molar-refractivity contribution < 1.29 is 9.84 Å². The van der Waals surface area contributed by atoms with Crippen LogP contribution < -0.4 is 5.32 Å². The van der Waals surface area contributed by atoms with Crippen LogP contribution in [0.4, 0.5) is 0 Å². The van der Waals surface area contributed by atoms with Crippen molar-refractivity contribution in [3.8, 4) is 0 Å². The molecule has 0 fully saturated rings. The fourth-order valence-corrected chi connectivity index (χ4v) is 0.733. The number of hydrogen-bond donors (Lipinski definition) is 2. The average molecular weight is 161 g/mol. The van der Waals surface area contributed by atoms with Crippen molar-refractivity contribution in [3.05, 3.63) is 0 Å². The number of aliphatic hydroxyl groups is 1. The quantitative estimate of drug-likeness (QED) is 0.592. The van der Waals surface area contributed by atoms with Gasteiger partial charge in [-0.3, -0.25) is 0 Å². The van der Waals surface area contributed by atoms with Gasteiger partial charge in [0.05, 0.1) is 12.7 Å². The van der Waals surface area contributed by atoms with Crippen molar-refractivity contribution in [1.82, 2.24) is 5.32 Å². The van der Waals surface area contributed by atoms with Gasteiger partial charge in [0.2, 0.25) is 0 Å². The molecule has 2 atom stereocenters. The smallest absolute Gasteiger partial charge is 0.0897 e. The second-order valence-corrected chi connectivity index (χ2v) is 2.83. The maximum absolute atomic E-state index is 9.21. The number of ether oxygens (including phenoxy) is 1. The third-order valence-electron chi connectivity index (χ3n) is 1.67. The van der Waals surface area contributed by atoms with Crippen LogP contribution in [0.3, 0.4) is 0 Å². The van der Waals surface area contributed by atoms with Gasteiger partial charge in [0.1, 0.15) is 0 Å². The van der Waals surface area contributed by atoms with E-state index in [4.69, 9.17) is 4.74 Å². The van der Waals surface area contributed by atoms with Crippen LogP contribution in [0.2, 0.25) is 0 Å². The number of nitrogens with one attached hydrogen (secondary N) is 1. The van der Waals surface area contributed by atoms with Crippen molar-refractivity contribution in [2.45, 2.75) is 32.4 Å². The first kappa shape index (κ1) is 10.9. The largest absolute Gasteiger partial charge is 0.389 e. The van der Waals surface area contributed by atoms with Crippen molar-refractivity contribution in [1.29, 1.82) is 0 Å². The van der Waals surface area contributed by atoms with E-state index in [1.54, 1.807) is 7.11 Å². The minimum atomic E-state index is -0.381. The van der Waals surface area contributed by atoms with Gasteiger partial charge in [-0.2, -0.15) is 0 Å². The zero-order valence-corrected chi connectivity index (χ0v) is 7.63. The number of rotatable bonds is 6. The summed E-state index contributed by atoms with van der Waals surface area (Å²) in [6.07, 6.45) is 0.702. The highest BCUT2D eigenvalue weighted by atomic mass is 16.5. The Balaban J connectivity index is 3.22. The van der Waals surface area contributed by atoms with Gasteiger partial charge in [-0.25, -0.2) is 0 Å². The zero-order chi connectivity index (χ0) is 8.69. The van der Waals surface area contributed by atoms with E-state index >= 15 is 0 Å². The SMILES string of the molecule is CCC(C)NCC(O)COC. The van der Waals surface area contributed by atoms with Crippen molar-refractivity contribution in [2.24, 2.45) is 0 Å². The average Bonchev–Trinajstić information content (AvgIpc) is 2.01. The molecule has 2 unspecified atom stereocenters. The molecule has 0 aromatic carbocycles. The number of methoxy groups -OCH3 is 1. The Labute approximate surface area is 68.8 Å². The first-order valence-corrected chi connectivity index (χ1v) is 4.11. The van der Waals surface area contributed by atoms with E-state index in [9.17, 15) is 5.11 Å². The molecule has 0 aliphatic carbocycles. The normalized spacial score (nSPS) is 16.4. The van der Waals surface area contributed by atoms with Crippen LogP contribution in [-0.2, 0) is 4.74 Å². The fourth-order valence-electron chi connectivity index (χ4n) is 0.733. The Morgan fingerprint density at radius 3 is 2.64 bits per heavy atom. The van der Waals surface area contributed by atoms with E-state index < -0.39 is 0 Å². The van der Waals surface area contributed by atoms with Gasteiger partial charge >= 0.3 is 0 Å². The molecule has 0 bridgehead atoms. The van der Waals surface area contributed by atoms with Gasteiger partial charge in [0.25, 0.3) is 0 Å². The Hall–Kier alpha value is -0.120. The molecule has 3 nitrogen and oxygen atoms in total. The van der Waals surface area contributed by atoms with E-state index in [1.807, 2.05) is 0 Å². The van der Waals surface area contributed by atoms with E-state index in [-0.39, 0.29) is 6.10 Å². The summed E-state index contributed by atoms with van der Waals surface area (Å²) in [5, 5.41) is 12.4. The van der Waals surface area contributed by atoms with Gasteiger partial charge in [-0.1, -0.05) is 6.92 Å². The molecule has 0 radical (unpaired) electrons. The maximum Gasteiger partial charge on any atom is 0.0897 e. The van der Waals surface area contributed by atoms with Gasteiger partial charge in [-0.05, 0) is 13.3 Å². The number of aliphatic hydroxyl groups excluding tert-OH is 1. The maximum atomic E-state index is 9.21. The summed E-state index contributed by atoms with van der Waals surface area (Å²) in [6, 6.07) is 0.474. The van der Waals surface area contributed by atoms with Crippen LogP contribution in [-0.4, -0.2) is 37.5 Å². The Morgan fingerprint density at radius 1 is 1.55 bits per heavy atom. The highest BCUT2D eigenvalue weighted by Crippen LogP contribution is 1.88. The molecule has 0 aromatic rings. The predicted molar refractivity (Wildman–Crippen MR) is 45.6 cm³/mol. The Kier molecular flexibility index (Phi) is 6.51. The molecule has 0 saturated heterocycles. The topological polar surface area (TPSA) is 41.5 Å². The molecule has 0 heterocycles. The fraction of sp³-hybridized carbons (Fsp3) is 1.00. The van der Waals surface area contributed by atoms with Crippen LogP contribution in [0.5, 0.6) is 0 Å². The zero-order valence-electron chi connectivity index (χ0n) is 7.63. The van der Waals surface area contributed by atoms with Crippen LogP contribution in [0.25, 0.3) is 0 Å². The Morgan fingerprint density at radius 2 is 2.18 bits per heavy atom. The predicted octanol–water partition coefficient (Wildman–Crippen LogP) is 0.382. The molecular weight excluding hydrogens is 142 g/mol. The minimum absolute atomic E-state index is 0.381. The van der Waals surface area contributed by atoms with E-state index in [1.165, 1.54) is 0 Å². The lowest BCUT2D eigenvalue weighted by Gasteiger charge is -2.14. The minimum Gasteiger partial charge on any atom is -0.389 e. The molecular formula is C8H19NO2. The van der Waals surface area contributed by atoms with Gasteiger partial charge < -0.3 is 15.2 Å². The standard InChI is InChI=1S/C8H19NO2/c1-4-7(2)9-5-8(10)6-11-3/h7-10H,4-6H2,1-3H3. The first-order valence-electron chi connectivity index (χ1n) is 4.11. The first-order chi connectivity index (χ1) is 5.20. The molecule has 0 aliphatic rings. The molecule has 68 valence electrons. The second-order valence-electron chi connectivity index (χ2n) is 2.83. The summed E-state index contributed by atoms with van der Waals surface area (Å²) in [5.41, 5.74) is 0. The molecule has 0 rings (SSSR count). The van der Waals surface area contributed by atoms with Crippen molar-refractivity contribution >= 4 is 0 Å². The summed E-state index contributed by atoms with van der Waals surface area (Å²) < 4.78 is 4.78. The molecule has 0 saturated carbocycles. The lowest BCUT2D eigenvalue weighted by atomic mass is 10.2. The van der Waals surface area contributed by atoms with Crippen molar-refractivity contribution in [2.75, 3.05) is 20.3 Å². The Bertz CT molecular complexity index is 88.2. The van der Waals surface area contributed by atoms with Gasteiger partial charge in [0.15, 0.2) is 0 Å². The molecule has 0 amide bonds. The molecule has 0 aliphatic heterocycles. The van der Waals surface area contributed by atoms with E-state index in [0.29, 0.717) is 19.2 Å². The highest BCUT2D eigenvalue weighted by molar-refractivity contribution is 4.62. The van der Waals surface area contributed by atoms with Crippen LogP contribution in [0.1, 0.15) is 20.3 Å². The third kappa shape index (κ3) is 6.28.